The van der Waals surface area contributed by atoms with E-state index in [2.05, 4.69) is 21.0 Å². The molecule has 21 heavy (non-hydrogen) atoms. The Bertz CT molecular complexity index is 695. The van der Waals surface area contributed by atoms with Crippen molar-refractivity contribution < 1.29 is 9.53 Å². The van der Waals surface area contributed by atoms with Crippen LogP contribution in [0, 0.1) is 0 Å². The monoisotopic (exact) mass is 350 g/mol. The molecule has 0 N–H and O–H groups in total. The summed E-state index contributed by atoms with van der Waals surface area (Å²) in [6, 6.07) is 9.91. The van der Waals surface area contributed by atoms with Crippen molar-refractivity contribution in [2.45, 2.75) is 19.4 Å². The van der Waals surface area contributed by atoms with Gasteiger partial charge in [-0.3, -0.25) is 4.79 Å². The Morgan fingerprint density at radius 2 is 1.95 bits per heavy atom. The molecule has 0 aliphatic rings. The summed E-state index contributed by atoms with van der Waals surface area (Å²) < 4.78 is 6.87. The molecular weight excluding hydrogens is 336 g/mol. The Morgan fingerprint density at radius 1 is 1.29 bits per heavy atom. The molecule has 0 amide bonds. The average molecular weight is 351 g/mol. The Labute approximate surface area is 130 Å². The number of aromatic nitrogens is 2. The van der Waals surface area contributed by atoms with Gasteiger partial charge in [0.05, 0.1) is 12.8 Å². The van der Waals surface area contributed by atoms with Crippen LogP contribution in [0.15, 0.2) is 45.7 Å². The lowest BCUT2D eigenvalue weighted by Crippen LogP contribution is -2.32. The van der Waals surface area contributed by atoms with E-state index in [1.807, 2.05) is 31.2 Å². The van der Waals surface area contributed by atoms with Crippen LogP contribution in [0.25, 0.3) is 11.3 Å². The zero-order valence-electron chi connectivity index (χ0n) is 11.7. The second-order valence-electron chi connectivity index (χ2n) is 4.46. The van der Waals surface area contributed by atoms with Gasteiger partial charge in [0, 0.05) is 16.1 Å². The highest BCUT2D eigenvalue weighted by molar-refractivity contribution is 9.10. The largest absolute Gasteiger partial charge is 0.467 e. The first-order valence-corrected chi connectivity index (χ1v) is 7.29. The number of hydrogen-bond acceptors (Lipinski definition) is 4. The third-order valence-corrected chi connectivity index (χ3v) is 3.65. The van der Waals surface area contributed by atoms with Crippen molar-refractivity contribution in [2.75, 3.05) is 7.11 Å². The molecule has 0 bridgehead atoms. The molecule has 0 saturated heterocycles. The highest BCUT2D eigenvalue weighted by Crippen LogP contribution is 2.20. The van der Waals surface area contributed by atoms with Gasteiger partial charge in [-0.2, -0.15) is 5.10 Å². The van der Waals surface area contributed by atoms with Crippen LogP contribution in [0.3, 0.4) is 0 Å². The van der Waals surface area contributed by atoms with E-state index in [0.29, 0.717) is 12.1 Å². The highest BCUT2D eigenvalue weighted by Gasteiger charge is 2.21. The van der Waals surface area contributed by atoms with Crippen molar-refractivity contribution in [1.29, 1.82) is 0 Å². The molecule has 0 radical (unpaired) electrons. The van der Waals surface area contributed by atoms with Gasteiger partial charge in [0.1, 0.15) is 0 Å². The maximum Gasteiger partial charge on any atom is 0.330 e. The standard InChI is InChI=1S/C15H15BrN2O3/c1-3-13(15(20)21-2)18-14(19)9-8-12(17-18)10-4-6-11(16)7-5-10/h4-9,13H,3H2,1-2H3/t13-/m0/s1. The first-order chi connectivity index (χ1) is 10.1. The molecule has 1 atom stereocenters. The van der Waals surface area contributed by atoms with Crippen molar-refractivity contribution in [3.63, 3.8) is 0 Å². The molecule has 0 unspecified atom stereocenters. The molecule has 0 fully saturated rings. The van der Waals surface area contributed by atoms with Crippen molar-refractivity contribution in [1.82, 2.24) is 9.78 Å². The van der Waals surface area contributed by atoms with Gasteiger partial charge in [0.15, 0.2) is 6.04 Å². The van der Waals surface area contributed by atoms with Gasteiger partial charge in [-0.15, -0.1) is 0 Å². The fourth-order valence-corrected chi connectivity index (χ4v) is 2.26. The van der Waals surface area contributed by atoms with Crippen molar-refractivity contribution in [3.8, 4) is 11.3 Å². The number of halogens is 1. The average Bonchev–Trinajstić information content (AvgIpc) is 2.50. The third kappa shape index (κ3) is 3.39. The normalized spacial score (nSPS) is 12.0. The van der Waals surface area contributed by atoms with E-state index in [4.69, 9.17) is 4.74 Å². The Balaban J connectivity index is 2.48. The Morgan fingerprint density at radius 3 is 2.52 bits per heavy atom. The van der Waals surface area contributed by atoms with E-state index in [-0.39, 0.29) is 5.56 Å². The maximum atomic E-state index is 12.0. The number of methoxy groups -OCH3 is 1. The second-order valence-corrected chi connectivity index (χ2v) is 5.37. The number of rotatable bonds is 4. The third-order valence-electron chi connectivity index (χ3n) is 3.12. The fraction of sp³-hybridized carbons (Fsp3) is 0.267. The first-order valence-electron chi connectivity index (χ1n) is 6.50. The molecule has 0 aliphatic carbocycles. The van der Waals surface area contributed by atoms with Crippen LogP contribution in [0.4, 0.5) is 0 Å². The summed E-state index contributed by atoms with van der Waals surface area (Å²) in [5.41, 5.74) is 1.17. The van der Waals surface area contributed by atoms with Crippen LogP contribution < -0.4 is 5.56 Å². The fourth-order valence-electron chi connectivity index (χ4n) is 2.00. The van der Waals surface area contributed by atoms with Crippen LogP contribution in [-0.4, -0.2) is 22.9 Å². The SMILES string of the molecule is CC[C@@H](C(=O)OC)n1nc(-c2ccc(Br)cc2)ccc1=O. The van der Waals surface area contributed by atoms with Gasteiger partial charge in [-0.05, 0) is 24.6 Å². The number of ether oxygens (including phenoxy) is 1. The summed E-state index contributed by atoms with van der Waals surface area (Å²) in [6.07, 6.45) is 0.434. The number of esters is 1. The lowest BCUT2D eigenvalue weighted by Gasteiger charge is -2.15. The Hall–Kier alpha value is -1.95. The number of nitrogens with zero attached hydrogens (tertiary/aromatic N) is 2. The number of carbonyl (C=O) groups is 1. The zero-order valence-corrected chi connectivity index (χ0v) is 13.3. The molecule has 1 aromatic carbocycles. The maximum absolute atomic E-state index is 12.0. The number of benzene rings is 1. The van der Waals surface area contributed by atoms with E-state index >= 15 is 0 Å². The lowest BCUT2D eigenvalue weighted by atomic mass is 10.1. The van der Waals surface area contributed by atoms with E-state index in [1.54, 1.807) is 6.07 Å². The first kappa shape index (κ1) is 15.4. The summed E-state index contributed by atoms with van der Waals surface area (Å²) in [6.45, 7) is 1.81. The van der Waals surface area contributed by atoms with Crippen LogP contribution in [-0.2, 0) is 9.53 Å². The molecular formula is C15H15BrN2O3. The van der Waals surface area contributed by atoms with Crippen molar-refractivity contribution >= 4 is 21.9 Å². The van der Waals surface area contributed by atoms with Gasteiger partial charge in [-0.1, -0.05) is 35.0 Å². The smallest absolute Gasteiger partial charge is 0.330 e. The molecule has 5 nitrogen and oxygen atoms in total. The molecule has 0 spiro atoms. The minimum atomic E-state index is -0.710. The highest BCUT2D eigenvalue weighted by atomic mass is 79.9. The molecule has 0 aliphatic heterocycles. The van der Waals surface area contributed by atoms with Crippen LogP contribution in [0.2, 0.25) is 0 Å². The van der Waals surface area contributed by atoms with Gasteiger partial charge in [0.2, 0.25) is 0 Å². The topological polar surface area (TPSA) is 61.2 Å². The summed E-state index contributed by atoms with van der Waals surface area (Å²) in [5.74, 6) is -0.472. The van der Waals surface area contributed by atoms with Gasteiger partial charge >= 0.3 is 5.97 Å². The van der Waals surface area contributed by atoms with Gasteiger partial charge < -0.3 is 4.74 Å². The predicted molar refractivity (Wildman–Crippen MR) is 83.0 cm³/mol. The van der Waals surface area contributed by atoms with E-state index in [9.17, 15) is 9.59 Å². The zero-order chi connectivity index (χ0) is 15.4. The minimum Gasteiger partial charge on any atom is -0.467 e. The molecule has 1 aromatic heterocycles. The summed E-state index contributed by atoms with van der Waals surface area (Å²) in [4.78, 5) is 23.7. The van der Waals surface area contributed by atoms with Crippen molar-refractivity contribution in [2.24, 2.45) is 0 Å². The minimum absolute atomic E-state index is 0.326. The molecule has 1 heterocycles. The molecule has 110 valence electrons. The second kappa shape index (κ2) is 6.67. The lowest BCUT2D eigenvalue weighted by molar-refractivity contribution is -0.145. The number of hydrogen-bond donors (Lipinski definition) is 0. The summed E-state index contributed by atoms with van der Waals surface area (Å²) in [7, 11) is 1.30. The van der Waals surface area contributed by atoms with Crippen LogP contribution in [0.1, 0.15) is 19.4 Å². The van der Waals surface area contributed by atoms with E-state index in [0.717, 1.165) is 10.0 Å². The van der Waals surface area contributed by atoms with Crippen LogP contribution >= 0.6 is 15.9 Å². The Kier molecular flexibility index (Phi) is 4.90. The molecule has 6 heteroatoms. The summed E-state index contributed by atoms with van der Waals surface area (Å²) >= 11 is 3.37. The molecule has 2 aromatic rings. The number of carbonyl (C=O) groups excluding carboxylic acids is 1. The quantitative estimate of drug-likeness (QED) is 0.795. The van der Waals surface area contributed by atoms with E-state index < -0.39 is 12.0 Å². The van der Waals surface area contributed by atoms with Gasteiger partial charge in [-0.25, -0.2) is 9.48 Å². The summed E-state index contributed by atoms with van der Waals surface area (Å²) in [5, 5.41) is 4.30. The van der Waals surface area contributed by atoms with Gasteiger partial charge in [0.25, 0.3) is 5.56 Å². The molecule has 0 saturated carbocycles. The molecule has 2 rings (SSSR count). The van der Waals surface area contributed by atoms with Crippen molar-refractivity contribution in [3.05, 3.63) is 51.2 Å². The van der Waals surface area contributed by atoms with Crippen LogP contribution in [0.5, 0.6) is 0 Å². The van der Waals surface area contributed by atoms with E-state index in [1.165, 1.54) is 17.9 Å². The predicted octanol–water partition coefficient (Wildman–Crippen LogP) is 2.80.